The summed E-state index contributed by atoms with van der Waals surface area (Å²) < 4.78 is 19.4. The lowest BCUT2D eigenvalue weighted by molar-refractivity contribution is 0.490. The molecule has 0 unspecified atom stereocenters. The Bertz CT molecular complexity index is 712. The molecule has 0 amide bonds. The number of benzene rings is 2. The van der Waals surface area contributed by atoms with E-state index in [4.69, 9.17) is 4.42 Å². The maximum Gasteiger partial charge on any atom is 0.137 e. The fraction of sp³-hybridized carbons (Fsp3) is 0.111. The highest BCUT2D eigenvalue weighted by Gasteiger charge is 2.08. The first kappa shape index (κ1) is 16.3. The van der Waals surface area contributed by atoms with E-state index in [1.807, 2.05) is 24.3 Å². The van der Waals surface area contributed by atoms with Crippen LogP contribution >= 0.6 is 12.4 Å². The van der Waals surface area contributed by atoms with Crippen LogP contribution in [0.3, 0.4) is 0 Å². The number of nitrogens with one attached hydrogen (secondary N) is 1. The predicted molar refractivity (Wildman–Crippen MR) is 88.3 cm³/mol. The average Bonchev–Trinajstić information content (AvgIpc) is 2.97. The van der Waals surface area contributed by atoms with E-state index < -0.39 is 0 Å². The molecule has 3 rings (SSSR count). The van der Waals surface area contributed by atoms with Crippen LogP contribution in [0.5, 0.6) is 0 Å². The second-order valence-corrected chi connectivity index (χ2v) is 4.83. The van der Waals surface area contributed by atoms with E-state index in [0.717, 1.165) is 12.3 Å². The molecule has 0 atom stereocenters. The Kier molecular flexibility index (Phi) is 5.75. The van der Waals surface area contributed by atoms with Crippen molar-refractivity contribution in [3.8, 4) is 11.3 Å². The molecule has 0 saturated heterocycles. The van der Waals surface area contributed by atoms with Crippen LogP contribution in [0, 0.1) is 5.82 Å². The summed E-state index contributed by atoms with van der Waals surface area (Å²) in [6.07, 6.45) is 0. The molecule has 1 aromatic heterocycles. The third kappa shape index (κ3) is 3.97. The molecular formula is C18H17ClFNO. The lowest BCUT2D eigenvalue weighted by Crippen LogP contribution is -2.11. The molecule has 0 spiro atoms. The SMILES string of the molecule is Cl.Fc1ccccc1-c1ccc(CNCc2ccccc2)o1. The van der Waals surface area contributed by atoms with Gasteiger partial charge in [-0.05, 0) is 29.8 Å². The van der Waals surface area contributed by atoms with Crippen LogP contribution < -0.4 is 5.32 Å². The van der Waals surface area contributed by atoms with Crippen molar-refractivity contribution >= 4 is 12.4 Å². The molecule has 2 nitrogen and oxygen atoms in total. The van der Waals surface area contributed by atoms with Gasteiger partial charge in [0.05, 0.1) is 12.1 Å². The lowest BCUT2D eigenvalue weighted by Gasteiger charge is -2.03. The first-order chi connectivity index (χ1) is 10.3. The van der Waals surface area contributed by atoms with Gasteiger partial charge in [-0.15, -0.1) is 12.4 Å². The van der Waals surface area contributed by atoms with Crippen molar-refractivity contribution in [2.45, 2.75) is 13.1 Å². The maximum absolute atomic E-state index is 13.7. The van der Waals surface area contributed by atoms with Gasteiger partial charge in [0.2, 0.25) is 0 Å². The van der Waals surface area contributed by atoms with Gasteiger partial charge in [-0.2, -0.15) is 0 Å². The van der Waals surface area contributed by atoms with Gasteiger partial charge in [0, 0.05) is 6.54 Å². The highest BCUT2D eigenvalue weighted by molar-refractivity contribution is 5.85. The van der Waals surface area contributed by atoms with Crippen molar-refractivity contribution in [3.63, 3.8) is 0 Å². The minimum atomic E-state index is -0.268. The van der Waals surface area contributed by atoms with Crippen molar-refractivity contribution in [1.82, 2.24) is 5.32 Å². The normalized spacial score (nSPS) is 10.2. The van der Waals surface area contributed by atoms with E-state index >= 15 is 0 Å². The fourth-order valence-electron chi connectivity index (χ4n) is 2.20. The lowest BCUT2D eigenvalue weighted by atomic mass is 10.1. The molecule has 0 aliphatic rings. The summed E-state index contributed by atoms with van der Waals surface area (Å²) in [5.41, 5.74) is 1.71. The molecule has 0 aliphatic carbocycles. The second-order valence-electron chi connectivity index (χ2n) is 4.83. The molecule has 1 N–H and O–H groups in total. The van der Waals surface area contributed by atoms with Gasteiger partial charge in [-0.3, -0.25) is 0 Å². The van der Waals surface area contributed by atoms with Gasteiger partial charge >= 0.3 is 0 Å². The summed E-state index contributed by atoms with van der Waals surface area (Å²) >= 11 is 0. The maximum atomic E-state index is 13.7. The zero-order chi connectivity index (χ0) is 14.5. The summed E-state index contributed by atoms with van der Waals surface area (Å²) in [7, 11) is 0. The molecule has 3 aromatic rings. The van der Waals surface area contributed by atoms with Gasteiger partial charge in [-0.25, -0.2) is 4.39 Å². The summed E-state index contributed by atoms with van der Waals surface area (Å²) in [5.74, 6) is 1.09. The zero-order valence-corrected chi connectivity index (χ0v) is 12.8. The van der Waals surface area contributed by atoms with Crippen LogP contribution in [0.2, 0.25) is 0 Å². The summed E-state index contributed by atoms with van der Waals surface area (Å²) in [4.78, 5) is 0. The highest BCUT2D eigenvalue weighted by Crippen LogP contribution is 2.24. The quantitative estimate of drug-likeness (QED) is 0.731. The first-order valence-corrected chi connectivity index (χ1v) is 6.91. The van der Waals surface area contributed by atoms with Crippen molar-refractivity contribution in [1.29, 1.82) is 0 Å². The van der Waals surface area contributed by atoms with Gasteiger partial charge in [-0.1, -0.05) is 42.5 Å². The standard InChI is InChI=1S/C18H16FNO.ClH/c19-17-9-5-4-8-16(17)18-11-10-15(21-18)13-20-12-14-6-2-1-3-7-14;/h1-11,20H,12-13H2;1H. The molecule has 22 heavy (non-hydrogen) atoms. The fourth-order valence-corrected chi connectivity index (χ4v) is 2.20. The smallest absolute Gasteiger partial charge is 0.137 e. The van der Waals surface area contributed by atoms with Crippen LogP contribution in [0.4, 0.5) is 4.39 Å². The molecule has 0 fully saturated rings. The summed E-state index contributed by atoms with van der Waals surface area (Å²) in [6.45, 7) is 1.39. The predicted octanol–water partition coefficient (Wildman–Crippen LogP) is 4.80. The molecule has 0 bridgehead atoms. The van der Waals surface area contributed by atoms with Crippen molar-refractivity contribution in [2.75, 3.05) is 0 Å². The Hall–Kier alpha value is -2.10. The van der Waals surface area contributed by atoms with Crippen LogP contribution in [-0.4, -0.2) is 0 Å². The Balaban J connectivity index is 0.00000176. The average molecular weight is 318 g/mol. The van der Waals surface area contributed by atoms with E-state index in [-0.39, 0.29) is 18.2 Å². The highest BCUT2D eigenvalue weighted by atomic mass is 35.5. The Morgan fingerprint density at radius 1 is 0.818 bits per heavy atom. The minimum absolute atomic E-state index is 0. The number of furan rings is 1. The summed E-state index contributed by atoms with van der Waals surface area (Å²) in [6, 6.07) is 20.5. The molecule has 0 saturated carbocycles. The van der Waals surface area contributed by atoms with Crippen molar-refractivity contribution in [2.24, 2.45) is 0 Å². The third-order valence-electron chi connectivity index (χ3n) is 3.27. The Labute approximate surface area is 135 Å². The molecule has 1 heterocycles. The van der Waals surface area contributed by atoms with Gasteiger partial charge < -0.3 is 9.73 Å². The number of hydrogen-bond donors (Lipinski definition) is 1. The van der Waals surface area contributed by atoms with Crippen LogP contribution in [0.1, 0.15) is 11.3 Å². The van der Waals surface area contributed by atoms with Gasteiger partial charge in [0.15, 0.2) is 0 Å². The summed E-state index contributed by atoms with van der Waals surface area (Å²) in [5, 5.41) is 3.31. The Morgan fingerprint density at radius 2 is 1.55 bits per heavy atom. The number of hydrogen-bond acceptors (Lipinski definition) is 2. The van der Waals surface area contributed by atoms with Crippen LogP contribution in [-0.2, 0) is 13.1 Å². The van der Waals surface area contributed by atoms with Crippen molar-refractivity contribution < 1.29 is 8.81 Å². The monoisotopic (exact) mass is 317 g/mol. The molecule has 0 radical (unpaired) electrons. The molecule has 4 heteroatoms. The zero-order valence-electron chi connectivity index (χ0n) is 12.0. The molecule has 114 valence electrons. The van der Waals surface area contributed by atoms with E-state index in [0.29, 0.717) is 17.9 Å². The topological polar surface area (TPSA) is 25.2 Å². The van der Waals surface area contributed by atoms with Crippen LogP contribution in [0.25, 0.3) is 11.3 Å². The molecular weight excluding hydrogens is 301 g/mol. The van der Waals surface area contributed by atoms with Gasteiger partial charge in [0.1, 0.15) is 17.3 Å². The minimum Gasteiger partial charge on any atom is -0.460 e. The number of rotatable bonds is 5. The third-order valence-corrected chi connectivity index (χ3v) is 3.27. The van der Waals surface area contributed by atoms with E-state index in [2.05, 4.69) is 17.4 Å². The first-order valence-electron chi connectivity index (χ1n) is 6.91. The van der Waals surface area contributed by atoms with Crippen molar-refractivity contribution in [3.05, 3.63) is 83.9 Å². The second kappa shape index (κ2) is 7.78. The van der Waals surface area contributed by atoms with E-state index in [9.17, 15) is 4.39 Å². The Morgan fingerprint density at radius 3 is 2.32 bits per heavy atom. The molecule has 0 aliphatic heterocycles. The van der Waals surface area contributed by atoms with E-state index in [1.165, 1.54) is 11.6 Å². The molecule has 2 aromatic carbocycles. The van der Waals surface area contributed by atoms with E-state index in [1.54, 1.807) is 24.3 Å². The number of halogens is 2. The largest absolute Gasteiger partial charge is 0.460 e. The van der Waals surface area contributed by atoms with Gasteiger partial charge in [0.25, 0.3) is 0 Å². The van der Waals surface area contributed by atoms with Crippen LogP contribution in [0.15, 0.2) is 71.1 Å².